The van der Waals surface area contributed by atoms with Gasteiger partial charge in [0.15, 0.2) is 0 Å². The van der Waals surface area contributed by atoms with Gasteiger partial charge in [0, 0.05) is 22.7 Å². The summed E-state index contributed by atoms with van der Waals surface area (Å²) in [6, 6.07) is 12.3. The van der Waals surface area contributed by atoms with E-state index in [9.17, 15) is 18.3 Å². The molecule has 0 amide bonds. The standard InChI is InChI=1S/C18H16F3NO/c1-2-12-7-6-10-14-15(11-22-16(12)14)17(23,18(19,20)21)13-8-4-3-5-9-13/h3-11,22-23H,2H2,1H3/t17-/m1/s1. The van der Waals surface area contributed by atoms with Crippen LogP contribution in [0.3, 0.4) is 0 Å². The average Bonchev–Trinajstić information content (AvgIpc) is 2.98. The fourth-order valence-corrected chi connectivity index (χ4v) is 2.96. The molecule has 2 aromatic carbocycles. The van der Waals surface area contributed by atoms with Gasteiger partial charge in [-0.25, -0.2) is 0 Å². The maximum Gasteiger partial charge on any atom is 0.425 e. The molecule has 23 heavy (non-hydrogen) atoms. The third-order valence-corrected chi connectivity index (χ3v) is 4.17. The van der Waals surface area contributed by atoms with Crippen molar-refractivity contribution >= 4 is 10.9 Å². The molecule has 2 N–H and O–H groups in total. The van der Waals surface area contributed by atoms with Crippen molar-refractivity contribution in [3.63, 3.8) is 0 Å². The highest BCUT2D eigenvalue weighted by molar-refractivity contribution is 5.87. The number of hydrogen-bond acceptors (Lipinski definition) is 1. The van der Waals surface area contributed by atoms with Crippen LogP contribution in [0.1, 0.15) is 23.6 Å². The first-order valence-corrected chi connectivity index (χ1v) is 7.33. The summed E-state index contributed by atoms with van der Waals surface area (Å²) in [7, 11) is 0. The fraction of sp³-hybridized carbons (Fsp3) is 0.222. The minimum absolute atomic E-state index is 0.179. The van der Waals surface area contributed by atoms with E-state index < -0.39 is 11.8 Å². The van der Waals surface area contributed by atoms with Crippen LogP contribution >= 0.6 is 0 Å². The zero-order valence-electron chi connectivity index (χ0n) is 12.5. The molecule has 0 saturated carbocycles. The first kappa shape index (κ1) is 15.6. The summed E-state index contributed by atoms with van der Waals surface area (Å²) in [6.07, 6.45) is -2.90. The highest BCUT2D eigenvalue weighted by Crippen LogP contribution is 2.46. The fourth-order valence-electron chi connectivity index (χ4n) is 2.96. The Kier molecular flexibility index (Phi) is 3.68. The molecular formula is C18H16F3NO. The van der Waals surface area contributed by atoms with Crippen molar-refractivity contribution in [2.45, 2.75) is 25.1 Å². The van der Waals surface area contributed by atoms with Crippen LogP contribution in [0.25, 0.3) is 10.9 Å². The van der Waals surface area contributed by atoms with Crippen LogP contribution in [0.5, 0.6) is 0 Å². The zero-order chi connectivity index (χ0) is 16.7. The number of rotatable bonds is 3. The summed E-state index contributed by atoms with van der Waals surface area (Å²) in [6.45, 7) is 1.93. The lowest BCUT2D eigenvalue weighted by atomic mass is 9.85. The van der Waals surface area contributed by atoms with E-state index in [0.29, 0.717) is 17.3 Å². The molecule has 0 unspecified atom stereocenters. The summed E-state index contributed by atoms with van der Waals surface area (Å²) in [5.74, 6) is 0. The van der Waals surface area contributed by atoms with E-state index in [4.69, 9.17) is 0 Å². The number of para-hydroxylation sites is 1. The molecule has 1 aromatic heterocycles. The first-order chi connectivity index (χ1) is 10.9. The van der Waals surface area contributed by atoms with E-state index in [0.717, 1.165) is 5.56 Å². The van der Waals surface area contributed by atoms with Crippen molar-refractivity contribution in [2.24, 2.45) is 0 Å². The summed E-state index contributed by atoms with van der Waals surface area (Å²) < 4.78 is 41.4. The van der Waals surface area contributed by atoms with Gasteiger partial charge in [-0.05, 0) is 17.5 Å². The number of nitrogens with one attached hydrogen (secondary N) is 1. The second kappa shape index (κ2) is 5.42. The Morgan fingerprint density at radius 3 is 2.30 bits per heavy atom. The van der Waals surface area contributed by atoms with Gasteiger partial charge >= 0.3 is 6.18 Å². The molecule has 0 bridgehead atoms. The largest absolute Gasteiger partial charge is 0.425 e. The van der Waals surface area contributed by atoms with E-state index in [-0.39, 0.29) is 11.1 Å². The summed E-state index contributed by atoms with van der Waals surface area (Å²) in [5.41, 5.74) is -1.90. The van der Waals surface area contributed by atoms with Crippen LogP contribution in [0.15, 0.2) is 54.7 Å². The molecule has 0 aliphatic rings. The average molecular weight is 319 g/mol. The highest BCUT2D eigenvalue weighted by Gasteiger charge is 2.57. The molecule has 0 aliphatic carbocycles. The molecule has 1 atom stereocenters. The SMILES string of the molecule is CCc1cccc2c([C@](O)(c3ccccc3)C(F)(F)F)c[nH]c12. The van der Waals surface area contributed by atoms with Crippen LogP contribution < -0.4 is 0 Å². The van der Waals surface area contributed by atoms with E-state index in [1.165, 1.54) is 30.5 Å². The number of fused-ring (bicyclic) bond motifs is 1. The quantitative estimate of drug-likeness (QED) is 0.731. The van der Waals surface area contributed by atoms with Crippen LogP contribution in [0, 0.1) is 0 Å². The third-order valence-electron chi connectivity index (χ3n) is 4.17. The number of benzene rings is 2. The van der Waals surface area contributed by atoms with Crippen molar-refractivity contribution in [3.8, 4) is 0 Å². The molecular weight excluding hydrogens is 303 g/mol. The van der Waals surface area contributed by atoms with Gasteiger partial charge in [-0.2, -0.15) is 13.2 Å². The van der Waals surface area contributed by atoms with Gasteiger partial charge in [-0.3, -0.25) is 0 Å². The van der Waals surface area contributed by atoms with Gasteiger partial charge in [0.25, 0.3) is 0 Å². The number of hydrogen-bond donors (Lipinski definition) is 2. The molecule has 0 saturated heterocycles. The zero-order valence-corrected chi connectivity index (χ0v) is 12.5. The molecule has 0 fully saturated rings. The minimum atomic E-state index is -4.84. The van der Waals surface area contributed by atoms with Gasteiger partial charge in [0.2, 0.25) is 5.60 Å². The first-order valence-electron chi connectivity index (χ1n) is 7.33. The number of halogens is 3. The Morgan fingerprint density at radius 2 is 1.70 bits per heavy atom. The Balaban J connectivity index is 2.32. The predicted octanol–water partition coefficient (Wildman–Crippen LogP) is 4.53. The number of alkyl halides is 3. The van der Waals surface area contributed by atoms with Gasteiger partial charge in [0.1, 0.15) is 0 Å². The molecule has 1 heterocycles. The number of H-pyrrole nitrogens is 1. The van der Waals surface area contributed by atoms with E-state index >= 15 is 0 Å². The van der Waals surface area contributed by atoms with Crippen LogP contribution in [0.4, 0.5) is 13.2 Å². The molecule has 2 nitrogen and oxygen atoms in total. The second-order valence-electron chi connectivity index (χ2n) is 5.47. The summed E-state index contributed by atoms with van der Waals surface area (Å²) >= 11 is 0. The van der Waals surface area contributed by atoms with Crippen molar-refractivity contribution in [3.05, 3.63) is 71.4 Å². The van der Waals surface area contributed by atoms with Crippen molar-refractivity contribution in [1.82, 2.24) is 4.98 Å². The number of aryl methyl sites for hydroxylation is 1. The normalized spacial score (nSPS) is 14.8. The van der Waals surface area contributed by atoms with Crippen LogP contribution in [0.2, 0.25) is 0 Å². The maximum absolute atomic E-state index is 13.8. The lowest BCUT2D eigenvalue weighted by Crippen LogP contribution is -2.43. The second-order valence-corrected chi connectivity index (χ2v) is 5.47. The molecule has 0 aliphatic heterocycles. The Labute approximate surface area is 131 Å². The molecule has 120 valence electrons. The summed E-state index contributed by atoms with van der Waals surface area (Å²) in [5, 5.41) is 11.1. The van der Waals surface area contributed by atoms with Gasteiger partial charge in [0.05, 0.1) is 0 Å². The Morgan fingerprint density at radius 1 is 1.00 bits per heavy atom. The lowest BCUT2D eigenvalue weighted by Gasteiger charge is -2.31. The molecule has 3 rings (SSSR count). The van der Waals surface area contributed by atoms with Crippen LogP contribution in [-0.2, 0) is 12.0 Å². The topological polar surface area (TPSA) is 36.0 Å². The molecule has 5 heteroatoms. The molecule has 0 radical (unpaired) electrons. The van der Waals surface area contributed by atoms with Gasteiger partial charge < -0.3 is 10.1 Å². The van der Waals surface area contributed by atoms with E-state index in [2.05, 4.69) is 4.98 Å². The Bertz CT molecular complexity index is 823. The lowest BCUT2D eigenvalue weighted by molar-refractivity contribution is -0.247. The molecule has 3 aromatic rings. The van der Waals surface area contributed by atoms with Gasteiger partial charge in [-0.1, -0.05) is 55.5 Å². The van der Waals surface area contributed by atoms with Crippen LogP contribution in [-0.4, -0.2) is 16.3 Å². The van der Waals surface area contributed by atoms with E-state index in [1.54, 1.807) is 18.2 Å². The third kappa shape index (κ3) is 2.32. The van der Waals surface area contributed by atoms with Gasteiger partial charge in [-0.15, -0.1) is 0 Å². The maximum atomic E-state index is 13.8. The Hall–Kier alpha value is -2.27. The number of aromatic amines is 1. The monoisotopic (exact) mass is 319 g/mol. The smallest absolute Gasteiger partial charge is 0.372 e. The number of aromatic nitrogens is 1. The highest BCUT2D eigenvalue weighted by atomic mass is 19.4. The number of aliphatic hydroxyl groups is 1. The van der Waals surface area contributed by atoms with Crippen molar-refractivity contribution in [2.75, 3.05) is 0 Å². The van der Waals surface area contributed by atoms with Crippen molar-refractivity contribution in [1.29, 1.82) is 0 Å². The molecule has 0 spiro atoms. The minimum Gasteiger partial charge on any atom is -0.372 e. The van der Waals surface area contributed by atoms with E-state index in [1.807, 2.05) is 13.0 Å². The predicted molar refractivity (Wildman–Crippen MR) is 83.2 cm³/mol. The van der Waals surface area contributed by atoms with Crippen molar-refractivity contribution < 1.29 is 18.3 Å². The summed E-state index contributed by atoms with van der Waals surface area (Å²) in [4.78, 5) is 2.90.